The van der Waals surface area contributed by atoms with E-state index in [-0.39, 0.29) is 5.57 Å². The molecule has 0 saturated heterocycles. The van der Waals surface area contributed by atoms with Crippen LogP contribution in [0.3, 0.4) is 0 Å². The van der Waals surface area contributed by atoms with Gasteiger partial charge < -0.3 is 4.74 Å². The van der Waals surface area contributed by atoms with Crippen molar-refractivity contribution in [2.75, 3.05) is 6.61 Å². The highest BCUT2D eigenvalue weighted by Crippen LogP contribution is 2.09. The molecule has 0 spiro atoms. The fourth-order valence-electron chi connectivity index (χ4n) is 2.00. The van der Waals surface area contributed by atoms with Gasteiger partial charge in [-0.3, -0.25) is 4.68 Å². The maximum Gasteiger partial charge on any atom is 0.348 e. The number of esters is 1. The Balaban J connectivity index is 2.03. The van der Waals surface area contributed by atoms with Crippen molar-refractivity contribution >= 4 is 12.0 Å². The smallest absolute Gasteiger partial charge is 0.348 e. The molecule has 0 bridgehead atoms. The van der Waals surface area contributed by atoms with Gasteiger partial charge in [-0.25, -0.2) is 4.79 Å². The molecule has 0 aliphatic carbocycles. The highest BCUT2D eigenvalue weighted by atomic mass is 16.5. The van der Waals surface area contributed by atoms with Crippen molar-refractivity contribution in [1.29, 1.82) is 5.26 Å². The van der Waals surface area contributed by atoms with Crippen LogP contribution in [0.15, 0.2) is 48.3 Å². The monoisotopic (exact) mass is 309 g/mol. The Morgan fingerprint density at radius 3 is 2.87 bits per heavy atom. The second kappa shape index (κ2) is 8.54. The Bertz CT molecular complexity index is 711. The Kier molecular flexibility index (Phi) is 6.13. The van der Waals surface area contributed by atoms with E-state index in [2.05, 4.69) is 5.10 Å². The summed E-state index contributed by atoms with van der Waals surface area (Å²) in [5, 5.41) is 13.4. The van der Waals surface area contributed by atoms with Crippen LogP contribution in [0.5, 0.6) is 0 Å². The van der Waals surface area contributed by atoms with Crippen molar-refractivity contribution in [3.8, 4) is 6.07 Å². The molecule has 1 heterocycles. The molecule has 1 aromatic carbocycles. The van der Waals surface area contributed by atoms with Gasteiger partial charge in [-0.2, -0.15) is 10.4 Å². The van der Waals surface area contributed by atoms with Gasteiger partial charge in [0.2, 0.25) is 0 Å². The summed E-state index contributed by atoms with van der Waals surface area (Å²) in [7, 11) is 0. The molecule has 5 nitrogen and oxygen atoms in total. The molecule has 0 radical (unpaired) electrons. The number of aromatic nitrogens is 2. The van der Waals surface area contributed by atoms with Crippen molar-refractivity contribution in [3.05, 3.63) is 59.4 Å². The van der Waals surface area contributed by atoms with Gasteiger partial charge >= 0.3 is 5.97 Å². The van der Waals surface area contributed by atoms with E-state index in [1.54, 1.807) is 17.1 Å². The minimum Gasteiger partial charge on any atom is -0.462 e. The molecule has 0 fully saturated rings. The summed E-state index contributed by atoms with van der Waals surface area (Å²) in [6.07, 6.45) is 6.65. The molecule has 23 heavy (non-hydrogen) atoms. The van der Waals surface area contributed by atoms with E-state index in [1.165, 1.54) is 6.08 Å². The van der Waals surface area contributed by atoms with Gasteiger partial charge in [0.1, 0.15) is 11.6 Å². The predicted molar refractivity (Wildman–Crippen MR) is 87.2 cm³/mol. The molecule has 2 aromatic rings. The van der Waals surface area contributed by atoms with Gasteiger partial charge in [0.25, 0.3) is 0 Å². The molecule has 0 unspecified atom stereocenters. The summed E-state index contributed by atoms with van der Waals surface area (Å²) in [4.78, 5) is 11.8. The lowest BCUT2D eigenvalue weighted by molar-refractivity contribution is -0.138. The normalized spacial score (nSPS) is 11.0. The second-order valence-electron chi connectivity index (χ2n) is 5.12. The molecule has 0 N–H and O–H groups in total. The first kappa shape index (κ1) is 16.5. The van der Waals surface area contributed by atoms with E-state index >= 15 is 0 Å². The molecule has 0 atom stereocenters. The average molecular weight is 309 g/mol. The lowest BCUT2D eigenvalue weighted by atomic mass is 10.2. The van der Waals surface area contributed by atoms with Gasteiger partial charge in [0, 0.05) is 11.8 Å². The third kappa shape index (κ3) is 5.11. The first-order valence-corrected chi connectivity index (χ1v) is 7.58. The Morgan fingerprint density at radius 2 is 2.17 bits per heavy atom. The first-order valence-electron chi connectivity index (χ1n) is 7.58. The molecular weight excluding hydrogens is 290 g/mol. The number of carbonyl (C=O) groups is 1. The van der Waals surface area contributed by atoms with Crippen LogP contribution in [0.1, 0.15) is 30.9 Å². The van der Waals surface area contributed by atoms with Gasteiger partial charge in [-0.1, -0.05) is 43.7 Å². The average Bonchev–Trinajstić information content (AvgIpc) is 3.00. The second-order valence-corrected chi connectivity index (χ2v) is 5.12. The molecular formula is C18H19N3O2. The number of hydrogen-bond acceptors (Lipinski definition) is 4. The molecule has 118 valence electrons. The zero-order valence-corrected chi connectivity index (χ0v) is 13.1. The van der Waals surface area contributed by atoms with E-state index in [4.69, 9.17) is 10.00 Å². The largest absolute Gasteiger partial charge is 0.462 e. The third-order valence-corrected chi connectivity index (χ3v) is 3.22. The van der Waals surface area contributed by atoms with E-state index in [0.717, 1.165) is 18.4 Å². The van der Waals surface area contributed by atoms with Gasteiger partial charge in [0.05, 0.1) is 19.3 Å². The molecule has 0 aliphatic rings. The maximum atomic E-state index is 11.8. The SMILES string of the molecule is CCCCOC(=O)/C(C#N)=C/c1cnn(Cc2ccccc2)c1. The highest BCUT2D eigenvalue weighted by Gasteiger charge is 2.11. The van der Waals surface area contributed by atoms with Crippen LogP contribution in [-0.4, -0.2) is 22.4 Å². The summed E-state index contributed by atoms with van der Waals surface area (Å²) in [6.45, 7) is 2.98. The zero-order chi connectivity index (χ0) is 16.5. The Hall–Kier alpha value is -2.87. The molecule has 0 aliphatic heterocycles. The maximum absolute atomic E-state index is 11.8. The number of unbranched alkanes of at least 4 members (excludes halogenated alkanes) is 1. The van der Waals surface area contributed by atoms with Crippen LogP contribution in [0.25, 0.3) is 6.08 Å². The van der Waals surface area contributed by atoms with Crippen molar-refractivity contribution in [3.63, 3.8) is 0 Å². The summed E-state index contributed by atoms with van der Waals surface area (Å²) < 4.78 is 6.82. The molecule has 2 rings (SSSR count). The number of rotatable bonds is 7. The van der Waals surface area contributed by atoms with E-state index in [1.807, 2.05) is 43.3 Å². The van der Waals surface area contributed by atoms with E-state index < -0.39 is 5.97 Å². The number of hydrogen-bond donors (Lipinski definition) is 0. The van der Waals surface area contributed by atoms with Crippen LogP contribution in [0.2, 0.25) is 0 Å². The molecule has 0 amide bonds. The fourth-order valence-corrected chi connectivity index (χ4v) is 2.00. The summed E-state index contributed by atoms with van der Waals surface area (Å²) in [6, 6.07) is 11.8. The summed E-state index contributed by atoms with van der Waals surface area (Å²) >= 11 is 0. The number of carbonyl (C=O) groups excluding carboxylic acids is 1. The third-order valence-electron chi connectivity index (χ3n) is 3.22. The van der Waals surface area contributed by atoms with Crippen LogP contribution in [0.4, 0.5) is 0 Å². The minimum absolute atomic E-state index is 0.0136. The number of ether oxygens (including phenoxy) is 1. The van der Waals surface area contributed by atoms with Gasteiger partial charge in [0.15, 0.2) is 0 Å². The Labute approximate surface area is 135 Å². The minimum atomic E-state index is -0.586. The lowest BCUT2D eigenvalue weighted by Crippen LogP contribution is -2.07. The Morgan fingerprint density at radius 1 is 1.39 bits per heavy atom. The van der Waals surface area contributed by atoms with Crippen molar-refractivity contribution < 1.29 is 9.53 Å². The number of nitrogens with zero attached hydrogens (tertiary/aromatic N) is 3. The van der Waals surface area contributed by atoms with Crippen LogP contribution in [0, 0.1) is 11.3 Å². The summed E-state index contributed by atoms with van der Waals surface area (Å²) in [5.74, 6) is -0.586. The fraction of sp³-hybridized carbons (Fsp3) is 0.278. The van der Waals surface area contributed by atoms with Gasteiger partial charge in [-0.15, -0.1) is 0 Å². The predicted octanol–water partition coefficient (Wildman–Crippen LogP) is 3.18. The quantitative estimate of drug-likeness (QED) is 0.341. The standard InChI is InChI=1S/C18H19N3O2/c1-2-3-9-23-18(22)17(11-19)10-16-12-20-21(14-16)13-15-7-5-4-6-8-15/h4-8,10,12,14H,2-3,9,13H2,1H3/b17-10+. The molecule has 1 aromatic heterocycles. The molecule has 0 saturated carbocycles. The highest BCUT2D eigenvalue weighted by molar-refractivity contribution is 5.97. The van der Waals surface area contributed by atoms with Gasteiger partial charge in [-0.05, 0) is 18.1 Å². The van der Waals surface area contributed by atoms with Crippen LogP contribution < -0.4 is 0 Å². The topological polar surface area (TPSA) is 67.9 Å². The van der Waals surface area contributed by atoms with Crippen LogP contribution >= 0.6 is 0 Å². The van der Waals surface area contributed by atoms with Crippen molar-refractivity contribution in [2.45, 2.75) is 26.3 Å². The van der Waals surface area contributed by atoms with E-state index in [0.29, 0.717) is 18.7 Å². The van der Waals surface area contributed by atoms with Crippen molar-refractivity contribution in [2.24, 2.45) is 0 Å². The lowest BCUT2D eigenvalue weighted by Gasteiger charge is -2.02. The van der Waals surface area contributed by atoms with Crippen molar-refractivity contribution in [1.82, 2.24) is 9.78 Å². The molecule has 5 heteroatoms. The summed E-state index contributed by atoms with van der Waals surface area (Å²) in [5.41, 5.74) is 1.82. The number of nitriles is 1. The van der Waals surface area contributed by atoms with E-state index in [9.17, 15) is 4.79 Å². The first-order chi connectivity index (χ1) is 11.2. The van der Waals surface area contributed by atoms with Crippen LogP contribution in [-0.2, 0) is 16.1 Å². The zero-order valence-electron chi connectivity index (χ0n) is 13.1. The number of benzene rings is 1.